The van der Waals surface area contributed by atoms with Gasteiger partial charge in [0.1, 0.15) is 17.3 Å². The first-order chi connectivity index (χ1) is 8.97. The molecule has 19 heavy (non-hydrogen) atoms. The molecule has 0 saturated carbocycles. The fraction of sp³-hybridized carbons (Fsp3) is 0.143. The molecule has 100 valence electrons. The molecule has 0 aliphatic carbocycles. The summed E-state index contributed by atoms with van der Waals surface area (Å²) in [6, 6.07) is 9.14. The minimum absolute atomic E-state index is 0.322. The van der Waals surface area contributed by atoms with Gasteiger partial charge in [-0.05, 0) is 59.3 Å². The first-order valence-corrected chi connectivity index (χ1v) is 6.82. The Balaban J connectivity index is 2.38. The SMILES string of the molecule is C[C@H](N)c1cc(F)ccc1Oc1ccc(Cl)cc1Br. The minimum atomic E-state index is -0.338. The van der Waals surface area contributed by atoms with E-state index in [4.69, 9.17) is 22.1 Å². The van der Waals surface area contributed by atoms with Crippen LogP contribution in [0.5, 0.6) is 11.5 Å². The summed E-state index contributed by atoms with van der Waals surface area (Å²) >= 11 is 9.23. The lowest BCUT2D eigenvalue weighted by Gasteiger charge is -2.14. The molecule has 0 spiro atoms. The molecule has 0 aliphatic rings. The van der Waals surface area contributed by atoms with Crippen LogP contribution in [0, 0.1) is 5.82 Å². The highest BCUT2D eigenvalue weighted by Crippen LogP contribution is 2.34. The van der Waals surface area contributed by atoms with Crippen molar-refractivity contribution in [2.75, 3.05) is 0 Å². The summed E-state index contributed by atoms with van der Waals surface area (Å²) in [5, 5.41) is 0.603. The number of halogens is 3. The lowest BCUT2D eigenvalue weighted by Crippen LogP contribution is -2.07. The number of benzene rings is 2. The van der Waals surface area contributed by atoms with Crippen LogP contribution in [0.2, 0.25) is 5.02 Å². The minimum Gasteiger partial charge on any atom is -0.456 e. The van der Waals surface area contributed by atoms with Crippen LogP contribution in [0.25, 0.3) is 0 Å². The van der Waals surface area contributed by atoms with Crippen LogP contribution in [0.15, 0.2) is 40.9 Å². The van der Waals surface area contributed by atoms with Crippen molar-refractivity contribution < 1.29 is 9.13 Å². The van der Waals surface area contributed by atoms with E-state index in [0.717, 1.165) is 4.47 Å². The zero-order chi connectivity index (χ0) is 14.0. The standard InChI is InChI=1S/C14H12BrClFNO/c1-8(18)11-7-10(17)3-5-13(11)19-14-4-2-9(16)6-12(14)15/h2-8H,18H2,1H3/t8-/m0/s1. The molecule has 0 fully saturated rings. The quantitative estimate of drug-likeness (QED) is 0.845. The van der Waals surface area contributed by atoms with Crippen LogP contribution in [-0.4, -0.2) is 0 Å². The van der Waals surface area contributed by atoms with E-state index in [2.05, 4.69) is 15.9 Å². The van der Waals surface area contributed by atoms with Crippen molar-refractivity contribution in [2.24, 2.45) is 5.73 Å². The smallest absolute Gasteiger partial charge is 0.141 e. The van der Waals surface area contributed by atoms with Gasteiger partial charge in [0.2, 0.25) is 0 Å². The number of hydrogen-bond acceptors (Lipinski definition) is 2. The second-order valence-corrected chi connectivity index (χ2v) is 5.44. The van der Waals surface area contributed by atoms with Gasteiger partial charge in [-0.3, -0.25) is 0 Å². The average molecular weight is 345 g/mol. The predicted molar refractivity (Wildman–Crippen MR) is 78.2 cm³/mol. The average Bonchev–Trinajstić information content (AvgIpc) is 2.34. The van der Waals surface area contributed by atoms with Crippen molar-refractivity contribution in [2.45, 2.75) is 13.0 Å². The summed E-state index contributed by atoms with van der Waals surface area (Å²) < 4.78 is 19.7. The molecular formula is C14H12BrClFNO. The van der Waals surface area contributed by atoms with Crippen molar-refractivity contribution in [3.05, 3.63) is 57.3 Å². The fourth-order valence-corrected chi connectivity index (χ4v) is 2.41. The first-order valence-electron chi connectivity index (χ1n) is 5.65. The Hall–Kier alpha value is -1.10. The van der Waals surface area contributed by atoms with Gasteiger partial charge in [-0.25, -0.2) is 4.39 Å². The Kier molecular flexibility index (Phi) is 4.45. The van der Waals surface area contributed by atoms with Gasteiger partial charge in [0.05, 0.1) is 4.47 Å². The normalized spacial score (nSPS) is 12.3. The summed E-state index contributed by atoms with van der Waals surface area (Å²) in [7, 11) is 0. The van der Waals surface area contributed by atoms with Gasteiger partial charge in [-0.15, -0.1) is 0 Å². The summed E-state index contributed by atoms with van der Waals surface area (Å²) in [6.07, 6.45) is 0. The van der Waals surface area contributed by atoms with E-state index in [1.54, 1.807) is 31.2 Å². The van der Waals surface area contributed by atoms with Crippen LogP contribution in [0.3, 0.4) is 0 Å². The Bertz CT molecular complexity index is 604. The van der Waals surface area contributed by atoms with E-state index in [0.29, 0.717) is 22.1 Å². The summed E-state index contributed by atoms with van der Waals surface area (Å²) in [5.41, 5.74) is 6.43. The fourth-order valence-electron chi connectivity index (χ4n) is 1.64. The lowest BCUT2D eigenvalue weighted by atomic mass is 10.1. The molecule has 0 heterocycles. The van der Waals surface area contributed by atoms with E-state index in [1.165, 1.54) is 12.1 Å². The van der Waals surface area contributed by atoms with Crippen LogP contribution in [-0.2, 0) is 0 Å². The third-order valence-corrected chi connectivity index (χ3v) is 3.43. The second kappa shape index (κ2) is 5.90. The molecule has 0 amide bonds. The van der Waals surface area contributed by atoms with Crippen molar-refractivity contribution in [3.8, 4) is 11.5 Å². The summed E-state index contributed by atoms with van der Waals surface area (Å²) in [5.74, 6) is 0.784. The van der Waals surface area contributed by atoms with Gasteiger partial charge in [0.15, 0.2) is 0 Å². The van der Waals surface area contributed by atoms with E-state index < -0.39 is 0 Å². The largest absolute Gasteiger partial charge is 0.456 e. The van der Waals surface area contributed by atoms with Gasteiger partial charge in [-0.1, -0.05) is 11.6 Å². The Labute approximate surface area is 124 Å². The van der Waals surface area contributed by atoms with Crippen molar-refractivity contribution >= 4 is 27.5 Å². The first kappa shape index (κ1) is 14.3. The van der Waals surface area contributed by atoms with Gasteiger partial charge >= 0.3 is 0 Å². The maximum atomic E-state index is 13.2. The Morgan fingerprint density at radius 2 is 1.89 bits per heavy atom. The molecule has 0 aromatic heterocycles. The highest BCUT2D eigenvalue weighted by molar-refractivity contribution is 9.10. The third-order valence-electron chi connectivity index (χ3n) is 2.58. The van der Waals surface area contributed by atoms with Crippen molar-refractivity contribution in [3.63, 3.8) is 0 Å². The van der Waals surface area contributed by atoms with Crippen LogP contribution in [0.4, 0.5) is 4.39 Å². The molecule has 0 saturated heterocycles. The molecule has 1 atom stereocenters. The highest BCUT2D eigenvalue weighted by Gasteiger charge is 2.12. The molecular weight excluding hydrogens is 333 g/mol. The van der Waals surface area contributed by atoms with E-state index >= 15 is 0 Å². The Morgan fingerprint density at radius 3 is 2.53 bits per heavy atom. The molecule has 2 aromatic carbocycles. The summed E-state index contributed by atoms with van der Waals surface area (Å²) in [6.45, 7) is 1.78. The molecule has 2 aromatic rings. The van der Waals surface area contributed by atoms with E-state index in [9.17, 15) is 4.39 Å². The zero-order valence-electron chi connectivity index (χ0n) is 10.2. The maximum absolute atomic E-state index is 13.2. The summed E-state index contributed by atoms with van der Waals surface area (Å²) in [4.78, 5) is 0. The van der Waals surface area contributed by atoms with Crippen LogP contribution < -0.4 is 10.5 Å². The van der Waals surface area contributed by atoms with Crippen molar-refractivity contribution in [1.82, 2.24) is 0 Å². The molecule has 0 unspecified atom stereocenters. The third kappa shape index (κ3) is 3.47. The maximum Gasteiger partial charge on any atom is 0.141 e. The topological polar surface area (TPSA) is 35.2 Å². The Morgan fingerprint density at radius 1 is 1.21 bits per heavy atom. The molecule has 0 aliphatic heterocycles. The molecule has 0 radical (unpaired) electrons. The van der Waals surface area contributed by atoms with Gasteiger partial charge in [0.25, 0.3) is 0 Å². The monoisotopic (exact) mass is 343 g/mol. The van der Waals surface area contributed by atoms with Crippen LogP contribution in [0.1, 0.15) is 18.5 Å². The number of ether oxygens (including phenoxy) is 1. The lowest BCUT2D eigenvalue weighted by molar-refractivity contribution is 0.466. The number of rotatable bonds is 3. The van der Waals surface area contributed by atoms with E-state index in [1.807, 2.05) is 0 Å². The molecule has 0 bridgehead atoms. The molecule has 2 rings (SSSR count). The van der Waals surface area contributed by atoms with E-state index in [-0.39, 0.29) is 11.9 Å². The molecule has 2 nitrogen and oxygen atoms in total. The molecule has 2 N–H and O–H groups in total. The van der Waals surface area contributed by atoms with Crippen LogP contribution >= 0.6 is 27.5 Å². The zero-order valence-corrected chi connectivity index (χ0v) is 12.5. The van der Waals surface area contributed by atoms with Crippen molar-refractivity contribution in [1.29, 1.82) is 0 Å². The number of nitrogens with two attached hydrogens (primary N) is 1. The highest BCUT2D eigenvalue weighted by atomic mass is 79.9. The molecule has 5 heteroatoms. The van der Waals surface area contributed by atoms with Gasteiger partial charge in [-0.2, -0.15) is 0 Å². The predicted octanol–water partition coefficient (Wildman–Crippen LogP) is 5.05. The van der Waals surface area contributed by atoms with Gasteiger partial charge in [0, 0.05) is 16.6 Å². The van der Waals surface area contributed by atoms with Gasteiger partial charge < -0.3 is 10.5 Å². The second-order valence-electron chi connectivity index (χ2n) is 4.15. The number of hydrogen-bond donors (Lipinski definition) is 1.